The van der Waals surface area contributed by atoms with Crippen molar-refractivity contribution in [3.63, 3.8) is 0 Å². The Bertz CT molecular complexity index is 1030. The molecular weight excluding hydrogens is 539 g/mol. The molecule has 7 nitrogen and oxygen atoms in total. The second-order valence-corrected chi connectivity index (χ2v) is 8.37. The summed E-state index contributed by atoms with van der Waals surface area (Å²) in [7, 11) is 3.54. The fourth-order valence-electron chi connectivity index (χ4n) is 4.38. The summed E-state index contributed by atoms with van der Waals surface area (Å²) >= 11 is 0. The third-order valence-electron chi connectivity index (χ3n) is 6.10. The Hall–Kier alpha value is -2.59. The molecule has 8 heteroatoms. The molecule has 1 aliphatic heterocycles. The van der Waals surface area contributed by atoms with Crippen LogP contribution in [0.15, 0.2) is 72.0 Å². The van der Waals surface area contributed by atoms with Crippen LogP contribution in [0.5, 0.6) is 5.75 Å². The summed E-state index contributed by atoms with van der Waals surface area (Å²) in [6.07, 6.45) is 6.29. The summed E-state index contributed by atoms with van der Waals surface area (Å²) in [5, 5.41) is 11.3. The van der Waals surface area contributed by atoms with Crippen LogP contribution in [0.1, 0.15) is 35.6 Å². The lowest BCUT2D eigenvalue weighted by molar-refractivity contribution is 0.245. The fourth-order valence-corrected chi connectivity index (χ4v) is 4.38. The molecule has 0 amide bonds. The molecule has 2 heterocycles. The Morgan fingerprint density at radius 2 is 1.85 bits per heavy atom. The molecule has 34 heavy (non-hydrogen) atoms. The van der Waals surface area contributed by atoms with Crippen LogP contribution in [0.4, 0.5) is 0 Å². The highest BCUT2D eigenvalue weighted by atomic mass is 127. The quantitative estimate of drug-likeness (QED) is 0.229. The lowest BCUT2D eigenvalue weighted by Crippen LogP contribution is -2.42. The van der Waals surface area contributed by atoms with Crippen molar-refractivity contribution >= 4 is 29.9 Å². The summed E-state index contributed by atoms with van der Waals surface area (Å²) in [5.74, 6) is 1.70. The zero-order chi connectivity index (χ0) is 22.9. The largest absolute Gasteiger partial charge is 0.497 e. The van der Waals surface area contributed by atoms with Crippen molar-refractivity contribution in [2.75, 3.05) is 33.8 Å². The lowest BCUT2D eigenvalue weighted by Gasteiger charge is -2.29. The van der Waals surface area contributed by atoms with Gasteiger partial charge in [0.1, 0.15) is 5.75 Å². The Labute approximate surface area is 219 Å². The lowest BCUT2D eigenvalue weighted by atomic mass is 10.1. The number of guanidine groups is 1. The van der Waals surface area contributed by atoms with E-state index in [2.05, 4.69) is 68.1 Å². The number of hydrogen-bond acceptors (Lipinski definition) is 4. The first-order chi connectivity index (χ1) is 16.2. The monoisotopic (exact) mass is 574 g/mol. The number of benzene rings is 2. The number of halogens is 1. The van der Waals surface area contributed by atoms with Gasteiger partial charge in [-0.05, 0) is 60.8 Å². The van der Waals surface area contributed by atoms with E-state index in [-0.39, 0.29) is 30.0 Å². The number of rotatable bonds is 9. The number of nitrogens with one attached hydrogen (secondary N) is 2. The van der Waals surface area contributed by atoms with E-state index < -0.39 is 0 Å². The molecule has 1 aliphatic rings. The van der Waals surface area contributed by atoms with E-state index in [0.717, 1.165) is 37.9 Å². The number of hydrogen-bond donors (Lipinski definition) is 2. The Kier molecular flexibility index (Phi) is 10.2. The van der Waals surface area contributed by atoms with Gasteiger partial charge in [0.05, 0.1) is 19.7 Å². The summed E-state index contributed by atoms with van der Waals surface area (Å²) in [6.45, 7) is 4.51. The molecule has 0 aliphatic carbocycles. The normalized spacial score (nSPS) is 14.9. The third kappa shape index (κ3) is 7.20. The van der Waals surface area contributed by atoms with Crippen LogP contribution < -0.4 is 15.4 Å². The predicted molar refractivity (Wildman–Crippen MR) is 148 cm³/mol. The van der Waals surface area contributed by atoms with Gasteiger partial charge in [-0.15, -0.1) is 24.0 Å². The van der Waals surface area contributed by atoms with Gasteiger partial charge in [0.15, 0.2) is 5.96 Å². The first-order valence-corrected chi connectivity index (χ1v) is 11.6. The van der Waals surface area contributed by atoms with Crippen LogP contribution in [0.2, 0.25) is 0 Å². The molecule has 1 atom stereocenters. The smallest absolute Gasteiger partial charge is 0.191 e. The highest BCUT2D eigenvalue weighted by Crippen LogP contribution is 2.27. The van der Waals surface area contributed by atoms with Gasteiger partial charge in [0.25, 0.3) is 0 Å². The van der Waals surface area contributed by atoms with E-state index in [4.69, 9.17) is 4.74 Å². The van der Waals surface area contributed by atoms with E-state index in [1.165, 1.54) is 29.5 Å². The van der Waals surface area contributed by atoms with Gasteiger partial charge >= 0.3 is 0 Å². The molecule has 4 rings (SSSR count). The second-order valence-electron chi connectivity index (χ2n) is 8.37. The molecule has 182 valence electrons. The van der Waals surface area contributed by atoms with Crippen molar-refractivity contribution in [3.8, 4) is 5.75 Å². The molecule has 2 N–H and O–H groups in total. The van der Waals surface area contributed by atoms with Crippen molar-refractivity contribution in [3.05, 3.63) is 83.7 Å². The van der Waals surface area contributed by atoms with Gasteiger partial charge in [-0.2, -0.15) is 5.10 Å². The van der Waals surface area contributed by atoms with Crippen molar-refractivity contribution in [2.45, 2.75) is 32.0 Å². The Morgan fingerprint density at radius 3 is 2.59 bits per heavy atom. The number of methoxy groups -OCH3 is 1. The SMILES string of the molecule is CN=C(NCc1cccc(Cn2cccn2)c1)NCC(c1cccc(OC)c1)N1CCCC1.I. The molecule has 0 saturated carbocycles. The van der Waals surface area contributed by atoms with Crippen molar-refractivity contribution in [2.24, 2.45) is 4.99 Å². The Morgan fingerprint density at radius 1 is 1.06 bits per heavy atom. The minimum Gasteiger partial charge on any atom is -0.497 e. The molecule has 1 unspecified atom stereocenters. The van der Waals surface area contributed by atoms with E-state index in [9.17, 15) is 0 Å². The number of aliphatic imine (C=N–C) groups is 1. The van der Waals surface area contributed by atoms with Crippen LogP contribution in [-0.2, 0) is 13.1 Å². The van der Waals surface area contributed by atoms with E-state index in [1.807, 2.05) is 36.3 Å². The van der Waals surface area contributed by atoms with E-state index in [1.54, 1.807) is 7.11 Å². The number of nitrogens with zero attached hydrogens (tertiary/aromatic N) is 4. The van der Waals surface area contributed by atoms with Gasteiger partial charge in [0, 0.05) is 32.5 Å². The number of likely N-dealkylation sites (tertiary alicyclic amines) is 1. The standard InChI is InChI=1S/C26H34N6O.HI/c1-27-26(28-18-21-8-5-9-22(16-21)20-32-15-7-12-30-32)29-19-25(31-13-3-4-14-31)23-10-6-11-24(17-23)33-2;/h5-12,15-17,25H,3-4,13-14,18-20H2,1-2H3,(H2,27,28,29);1H. The van der Waals surface area contributed by atoms with Gasteiger partial charge in [-0.1, -0.05) is 36.4 Å². The minimum atomic E-state index is 0. The number of aromatic nitrogens is 2. The zero-order valence-corrected chi connectivity index (χ0v) is 22.3. The minimum absolute atomic E-state index is 0. The molecule has 0 radical (unpaired) electrons. The van der Waals surface area contributed by atoms with Crippen LogP contribution >= 0.6 is 24.0 Å². The predicted octanol–water partition coefficient (Wildman–Crippen LogP) is 4.06. The average Bonchev–Trinajstić information content (AvgIpc) is 3.56. The van der Waals surface area contributed by atoms with Crippen LogP contribution in [0.3, 0.4) is 0 Å². The summed E-state index contributed by atoms with van der Waals surface area (Å²) in [5.41, 5.74) is 3.71. The molecule has 1 aromatic heterocycles. The molecule has 2 aromatic carbocycles. The number of ether oxygens (including phenoxy) is 1. The average molecular weight is 575 g/mol. The summed E-state index contributed by atoms with van der Waals surface area (Å²) in [6, 6.07) is 19.2. The maximum Gasteiger partial charge on any atom is 0.191 e. The topological polar surface area (TPSA) is 66.7 Å². The molecule has 3 aromatic rings. The van der Waals surface area contributed by atoms with E-state index in [0.29, 0.717) is 6.54 Å². The van der Waals surface area contributed by atoms with Crippen LogP contribution in [0, 0.1) is 0 Å². The summed E-state index contributed by atoms with van der Waals surface area (Å²) < 4.78 is 7.40. The van der Waals surface area contributed by atoms with Gasteiger partial charge in [-0.3, -0.25) is 14.6 Å². The molecule has 0 spiro atoms. The second kappa shape index (κ2) is 13.3. The maximum atomic E-state index is 5.46. The highest BCUT2D eigenvalue weighted by molar-refractivity contribution is 14.0. The van der Waals surface area contributed by atoms with Crippen LogP contribution in [-0.4, -0.2) is 54.4 Å². The van der Waals surface area contributed by atoms with Crippen molar-refractivity contribution in [1.82, 2.24) is 25.3 Å². The zero-order valence-electron chi connectivity index (χ0n) is 20.0. The highest BCUT2D eigenvalue weighted by Gasteiger charge is 2.24. The fraction of sp³-hybridized carbons (Fsp3) is 0.385. The molecule has 1 fully saturated rings. The van der Waals surface area contributed by atoms with Crippen molar-refractivity contribution < 1.29 is 4.74 Å². The maximum absolute atomic E-state index is 5.46. The van der Waals surface area contributed by atoms with E-state index >= 15 is 0 Å². The van der Waals surface area contributed by atoms with Crippen molar-refractivity contribution in [1.29, 1.82) is 0 Å². The van der Waals surface area contributed by atoms with Crippen LogP contribution in [0.25, 0.3) is 0 Å². The van der Waals surface area contributed by atoms with Gasteiger partial charge in [0.2, 0.25) is 0 Å². The molecule has 0 bridgehead atoms. The first-order valence-electron chi connectivity index (χ1n) is 11.6. The van der Waals surface area contributed by atoms with Gasteiger partial charge < -0.3 is 15.4 Å². The third-order valence-corrected chi connectivity index (χ3v) is 6.10. The summed E-state index contributed by atoms with van der Waals surface area (Å²) in [4.78, 5) is 7.00. The first kappa shape index (κ1) is 26.0. The molecule has 1 saturated heterocycles. The Balaban J connectivity index is 0.00000324. The molecular formula is C26H35IN6O. The van der Waals surface area contributed by atoms with Gasteiger partial charge in [-0.25, -0.2) is 0 Å².